The molecule has 1 saturated heterocycles. The van der Waals surface area contributed by atoms with Gasteiger partial charge in [0.05, 0.1) is 5.88 Å². The first-order valence-electron chi connectivity index (χ1n) is 5.71. The SMILES string of the molecule is CN1CCCN(c2ncnc(Cl)c2CCl)CC1. The fraction of sp³-hybridized carbons (Fsp3) is 0.636. The highest BCUT2D eigenvalue weighted by atomic mass is 35.5. The Hall–Kier alpha value is -0.580. The van der Waals surface area contributed by atoms with Crippen LogP contribution in [0.15, 0.2) is 6.33 Å². The molecule has 1 aromatic rings. The Bertz CT molecular complexity index is 386. The van der Waals surface area contributed by atoms with Crippen molar-refractivity contribution in [3.63, 3.8) is 0 Å². The molecule has 2 rings (SSSR count). The largest absolute Gasteiger partial charge is 0.355 e. The Labute approximate surface area is 112 Å². The van der Waals surface area contributed by atoms with Crippen LogP contribution in [0.5, 0.6) is 0 Å². The summed E-state index contributed by atoms with van der Waals surface area (Å²) in [4.78, 5) is 12.9. The second kappa shape index (κ2) is 5.85. The van der Waals surface area contributed by atoms with Crippen molar-refractivity contribution >= 4 is 29.0 Å². The molecule has 0 saturated carbocycles. The normalized spacial score (nSPS) is 18.2. The molecule has 0 N–H and O–H groups in total. The molecular formula is C11H16Cl2N4. The minimum atomic E-state index is 0.349. The molecule has 1 aromatic heterocycles. The van der Waals surface area contributed by atoms with Gasteiger partial charge in [0.1, 0.15) is 17.3 Å². The number of anilines is 1. The van der Waals surface area contributed by atoms with Gasteiger partial charge in [-0.2, -0.15) is 0 Å². The predicted molar refractivity (Wildman–Crippen MR) is 70.9 cm³/mol. The maximum Gasteiger partial charge on any atom is 0.138 e. The molecule has 1 aliphatic rings. The number of halogens is 2. The van der Waals surface area contributed by atoms with Crippen molar-refractivity contribution < 1.29 is 0 Å². The number of rotatable bonds is 2. The Morgan fingerprint density at radius 2 is 2.06 bits per heavy atom. The van der Waals surface area contributed by atoms with E-state index in [1.807, 2.05) is 0 Å². The van der Waals surface area contributed by atoms with Crippen molar-refractivity contribution in [2.75, 3.05) is 38.1 Å². The zero-order valence-corrected chi connectivity index (χ0v) is 11.4. The van der Waals surface area contributed by atoms with Crippen molar-refractivity contribution in [3.05, 3.63) is 17.0 Å². The number of likely N-dealkylation sites (N-methyl/N-ethyl adjacent to an activating group) is 1. The van der Waals surface area contributed by atoms with Crippen molar-refractivity contribution in [1.82, 2.24) is 14.9 Å². The highest BCUT2D eigenvalue weighted by Gasteiger charge is 2.18. The van der Waals surface area contributed by atoms with Gasteiger partial charge < -0.3 is 9.80 Å². The molecule has 0 atom stereocenters. The summed E-state index contributed by atoms with van der Waals surface area (Å²) in [5.74, 6) is 1.23. The maximum atomic E-state index is 6.05. The summed E-state index contributed by atoms with van der Waals surface area (Å²) in [6.45, 7) is 4.09. The Kier molecular flexibility index (Phi) is 4.42. The number of hydrogen-bond acceptors (Lipinski definition) is 4. The van der Waals surface area contributed by atoms with E-state index in [2.05, 4.69) is 26.8 Å². The van der Waals surface area contributed by atoms with Crippen molar-refractivity contribution in [2.45, 2.75) is 12.3 Å². The van der Waals surface area contributed by atoms with Gasteiger partial charge in [-0.05, 0) is 20.0 Å². The van der Waals surface area contributed by atoms with E-state index in [9.17, 15) is 0 Å². The van der Waals surface area contributed by atoms with Crippen molar-refractivity contribution in [2.24, 2.45) is 0 Å². The standard InChI is InChI=1S/C11H16Cl2N4/c1-16-3-2-4-17(6-5-16)11-9(7-12)10(13)14-8-15-11/h8H,2-7H2,1H3. The zero-order valence-electron chi connectivity index (χ0n) is 9.86. The average Bonchev–Trinajstić information content (AvgIpc) is 2.54. The molecular weight excluding hydrogens is 259 g/mol. The van der Waals surface area contributed by atoms with Crippen LogP contribution in [0, 0.1) is 0 Å². The van der Waals surface area contributed by atoms with Crippen LogP contribution in [-0.2, 0) is 5.88 Å². The minimum absolute atomic E-state index is 0.349. The van der Waals surface area contributed by atoms with Crippen molar-refractivity contribution in [3.8, 4) is 0 Å². The number of aromatic nitrogens is 2. The number of hydrogen-bond donors (Lipinski definition) is 0. The summed E-state index contributed by atoms with van der Waals surface area (Å²) in [6, 6.07) is 0. The third-order valence-electron chi connectivity index (χ3n) is 3.02. The van der Waals surface area contributed by atoms with E-state index in [4.69, 9.17) is 23.2 Å². The summed E-state index contributed by atoms with van der Waals surface area (Å²) >= 11 is 12.0. The van der Waals surface area contributed by atoms with Gasteiger partial charge in [0.15, 0.2) is 0 Å². The van der Waals surface area contributed by atoms with Crippen LogP contribution in [0.4, 0.5) is 5.82 Å². The lowest BCUT2D eigenvalue weighted by molar-refractivity contribution is 0.360. The molecule has 17 heavy (non-hydrogen) atoms. The van der Waals surface area contributed by atoms with Gasteiger partial charge in [0.2, 0.25) is 0 Å². The van der Waals surface area contributed by atoms with Crippen LogP contribution in [0.1, 0.15) is 12.0 Å². The molecule has 0 spiro atoms. The third kappa shape index (κ3) is 3.00. The van der Waals surface area contributed by atoms with E-state index in [1.54, 1.807) is 0 Å². The molecule has 0 aromatic carbocycles. The van der Waals surface area contributed by atoms with Gasteiger partial charge in [0, 0.05) is 25.2 Å². The van der Waals surface area contributed by atoms with Gasteiger partial charge in [-0.25, -0.2) is 9.97 Å². The van der Waals surface area contributed by atoms with Gasteiger partial charge in [-0.3, -0.25) is 0 Å². The van der Waals surface area contributed by atoms with Gasteiger partial charge in [-0.1, -0.05) is 11.6 Å². The average molecular weight is 275 g/mol. The summed E-state index contributed by atoms with van der Waals surface area (Å²) in [5.41, 5.74) is 0.834. The highest BCUT2D eigenvalue weighted by molar-refractivity contribution is 6.31. The van der Waals surface area contributed by atoms with E-state index >= 15 is 0 Å². The first-order valence-corrected chi connectivity index (χ1v) is 6.62. The van der Waals surface area contributed by atoms with E-state index in [1.165, 1.54) is 6.33 Å². The topological polar surface area (TPSA) is 32.3 Å². The highest BCUT2D eigenvalue weighted by Crippen LogP contribution is 2.25. The van der Waals surface area contributed by atoms with Gasteiger partial charge in [-0.15, -0.1) is 11.6 Å². The van der Waals surface area contributed by atoms with Crippen LogP contribution in [0.3, 0.4) is 0 Å². The Morgan fingerprint density at radius 3 is 2.82 bits per heavy atom. The number of nitrogens with zero attached hydrogens (tertiary/aromatic N) is 4. The molecule has 0 bridgehead atoms. The van der Waals surface area contributed by atoms with Crippen LogP contribution in [-0.4, -0.2) is 48.1 Å². The summed E-state index contributed by atoms with van der Waals surface area (Å²) in [6.07, 6.45) is 2.63. The Morgan fingerprint density at radius 1 is 1.24 bits per heavy atom. The quantitative estimate of drug-likeness (QED) is 0.610. The first kappa shape index (κ1) is 12.9. The third-order valence-corrected chi connectivity index (χ3v) is 3.62. The van der Waals surface area contributed by atoms with Crippen LogP contribution >= 0.6 is 23.2 Å². The van der Waals surface area contributed by atoms with E-state index < -0.39 is 0 Å². The Balaban J connectivity index is 2.23. The fourth-order valence-corrected chi connectivity index (χ4v) is 2.54. The first-order chi connectivity index (χ1) is 8.22. The van der Waals surface area contributed by atoms with Gasteiger partial charge in [0.25, 0.3) is 0 Å². The van der Waals surface area contributed by atoms with Crippen LogP contribution in [0.25, 0.3) is 0 Å². The lowest BCUT2D eigenvalue weighted by Gasteiger charge is -2.23. The molecule has 4 nitrogen and oxygen atoms in total. The summed E-state index contributed by atoms with van der Waals surface area (Å²) in [7, 11) is 2.14. The van der Waals surface area contributed by atoms with E-state index in [-0.39, 0.29) is 0 Å². The van der Waals surface area contributed by atoms with Crippen LogP contribution in [0.2, 0.25) is 5.15 Å². The molecule has 0 aliphatic carbocycles. The van der Waals surface area contributed by atoms with E-state index in [0.717, 1.165) is 44.0 Å². The van der Waals surface area contributed by atoms with Gasteiger partial charge >= 0.3 is 0 Å². The number of alkyl halides is 1. The fourth-order valence-electron chi connectivity index (χ4n) is 2.03. The smallest absolute Gasteiger partial charge is 0.138 e. The van der Waals surface area contributed by atoms with Crippen LogP contribution < -0.4 is 4.90 Å². The monoisotopic (exact) mass is 274 g/mol. The molecule has 2 heterocycles. The lowest BCUT2D eigenvalue weighted by atomic mass is 10.3. The summed E-state index contributed by atoms with van der Waals surface area (Å²) in [5, 5.41) is 0.461. The zero-order chi connectivity index (χ0) is 12.3. The van der Waals surface area contributed by atoms with Crippen molar-refractivity contribution in [1.29, 1.82) is 0 Å². The summed E-state index contributed by atoms with van der Waals surface area (Å²) < 4.78 is 0. The lowest BCUT2D eigenvalue weighted by Crippen LogP contribution is -2.30. The minimum Gasteiger partial charge on any atom is -0.355 e. The second-order valence-electron chi connectivity index (χ2n) is 4.24. The molecule has 0 amide bonds. The molecule has 1 fully saturated rings. The maximum absolute atomic E-state index is 6.05. The molecule has 1 aliphatic heterocycles. The van der Waals surface area contributed by atoms with E-state index in [0.29, 0.717) is 11.0 Å². The predicted octanol–water partition coefficient (Wildman–Crippen LogP) is 2.01. The molecule has 0 unspecified atom stereocenters. The molecule has 94 valence electrons. The molecule has 6 heteroatoms. The second-order valence-corrected chi connectivity index (χ2v) is 4.87. The molecule has 0 radical (unpaired) electrons.